The summed E-state index contributed by atoms with van der Waals surface area (Å²) in [7, 11) is 1.36. The monoisotopic (exact) mass is 390 g/mol. The van der Waals surface area contributed by atoms with Gasteiger partial charge >= 0.3 is 5.97 Å². The topological polar surface area (TPSA) is 59.5 Å². The number of benzene rings is 2. The number of fused-ring (bicyclic) bond motifs is 1. The van der Waals surface area contributed by atoms with E-state index in [0.717, 1.165) is 27.6 Å². The SMILES string of the molecule is COC(=O)c1ccc2c(c1)CCN2C(=O)c1ccc(Sc2ccccn2)cc1. The summed E-state index contributed by atoms with van der Waals surface area (Å²) in [5, 5.41) is 0.913. The van der Waals surface area contributed by atoms with Gasteiger partial charge in [-0.2, -0.15) is 0 Å². The molecule has 0 radical (unpaired) electrons. The molecule has 0 atom stereocenters. The van der Waals surface area contributed by atoms with E-state index in [2.05, 4.69) is 4.98 Å². The van der Waals surface area contributed by atoms with Gasteiger partial charge in [0.15, 0.2) is 0 Å². The van der Waals surface area contributed by atoms with Crippen molar-refractivity contribution >= 4 is 29.3 Å². The van der Waals surface area contributed by atoms with Gasteiger partial charge in [-0.3, -0.25) is 4.79 Å². The van der Waals surface area contributed by atoms with Crippen LogP contribution in [0.1, 0.15) is 26.3 Å². The Labute approximate surface area is 167 Å². The molecule has 0 saturated heterocycles. The van der Waals surface area contributed by atoms with Gasteiger partial charge in [0, 0.05) is 28.9 Å². The van der Waals surface area contributed by atoms with E-state index >= 15 is 0 Å². The van der Waals surface area contributed by atoms with E-state index in [1.54, 1.807) is 35.0 Å². The van der Waals surface area contributed by atoms with Gasteiger partial charge in [0.05, 0.1) is 12.7 Å². The predicted octanol–water partition coefficient (Wildman–Crippen LogP) is 4.22. The van der Waals surface area contributed by atoms with Crippen LogP contribution in [0.3, 0.4) is 0 Å². The third-order valence-corrected chi connectivity index (χ3v) is 5.56. The van der Waals surface area contributed by atoms with Gasteiger partial charge in [-0.05, 0) is 66.6 Å². The minimum absolute atomic E-state index is 0.0426. The number of hydrogen-bond donors (Lipinski definition) is 0. The lowest BCUT2D eigenvalue weighted by atomic mass is 10.1. The highest BCUT2D eigenvalue weighted by atomic mass is 32.2. The van der Waals surface area contributed by atoms with Crippen molar-refractivity contribution in [3.63, 3.8) is 0 Å². The summed E-state index contributed by atoms with van der Waals surface area (Å²) in [5.74, 6) is -0.410. The molecule has 6 heteroatoms. The molecule has 4 rings (SSSR count). The molecule has 0 N–H and O–H groups in total. The van der Waals surface area contributed by atoms with Crippen molar-refractivity contribution in [3.05, 3.63) is 83.6 Å². The summed E-state index contributed by atoms with van der Waals surface area (Å²) in [6.45, 7) is 0.600. The normalized spacial score (nSPS) is 12.5. The second-order valence-electron chi connectivity index (χ2n) is 6.34. The molecular formula is C22H18N2O3S. The van der Waals surface area contributed by atoms with Crippen LogP contribution in [0, 0.1) is 0 Å². The predicted molar refractivity (Wildman–Crippen MR) is 108 cm³/mol. The fraction of sp³-hybridized carbons (Fsp3) is 0.136. The van der Waals surface area contributed by atoms with Crippen molar-refractivity contribution in [2.45, 2.75) is 16.3 Å². The van der Waals surface area contributed by atoms with Crippen molar-refractivity contribution < 1.29 is 14.3 Å². The second-order valence-corrected chi connectivity index (χ2v) is 7.43. The van der Waals surface area contributed by atoms with Crippen molar-refractivity contribution in [1.29, 1.82) is 0 Å². The molecule has 1 aromatic heterocycles. The minimum atomic E-state index is -0.367. The first-order chi connectivity index (χ1) is 13.7. The van der Waals surface area contributed by atoms with Crippen LogP contribution in [0.4, 0.5) is 5.69 Å². The molecular weight excluding hydrogens is 372 g/mol. The van der Waals surface area contributed by atoms with Gasteiger partial charge in [0.1, 0.15) is 5.03 Å². The van der Waals surface area contributed by atoms with Crippen LogP contribution in [0.25, 0.3) is 0 Å². The van der Waals surface area contributed by atoms with E-state index in [9.17, 15) is 9.59 Å². The first-order valence-electron chi connectivity index (χ1n) is 8.88. The quantitative estimate of drug-likeness (QED) is 0.624. The molecule has 3 aromatic rings. The lowest BCUT2D eigenvalue weighted by molar-refractivity contribution is 0.0600. The van der Waals surface area contributed by atoms with Gasteiger partial charge < -0.3 is 9.64 Å². The number of carbonyl (C=O) groups is 2. The highest BCUT2D eigenvalue weighted by molar-refractivity contribution is 7.99. The van der Waals surface area contributed by atoms with Crippen LogP contribution in [0.2, 0.25) is 0 Å². The zero-order valence-corrected chi connectivity index (χ0v) is 16.1. The smallest absolute Gasteiger partial charge is 0.337 e. The maximum Gasteiger partial charge on any atom is 0.337 e. The number of esters is 1. The maximum absolute atomic E-state index is 13.0. The maximum atomic E-state index is 13.0. The van der Waals surface area contributed by atoms with E-state index in [4.69, 9.17) is 4.74 Å². The number of pyridine rings is 1. The van der Waals surface area contributed by atoms with E-state index in [0.29, 0.717) is 17.7 Å². The highest BCUT2D eigenvalue weighted by Crippen LogP contribution is 2.31. The molecule has 0 saturated carbocycles. The lowest BCUT2D eigenvalue weighted by Crippen LogP contribution is -2.28. The average molecular weight is 390 g/mol. The fourth-order valence-electron chi connectivity index (χ4n) is 3.21. The lowest BCUT2D eigenvalue weighted by Gasteiger charge is -2.17. The number of ether oxygens (including phenoxy) is 1. The molecule has 0 aliphatic carbocycles. The minimum Gasteiger partial charge on any atom is -0.465 e. The zero-order chi connectivity index (χ0) is 19.5. The van der Waals surface area contributed by atoms with Gasteiger partial charge in [-0.1, -0.05) is 17.8 Å². The molecule has 0 unspecified atom stereocenters. The van der Waals surface area contributed by atoms with E-state index in [-0.39, 0.29) is 11.9 Å². The van der Waals surface area contributed by atoms with Gasteiger partial charge in [-0.15, -0.1) is 0 Å². The molecule has 1 aliphatic heterocycles. The van der Waals surface area contributed by atoms with Crippen molar-refractivity contribution in [1.82, 2.24) is 4.98 Å². The summed E-state index contributed by atoms with van der Waals surface area (Å²) < 4.78 is 4.77. The highest BCUT2D eigenvalue weighted by Gasteiger charge is 2.26. The van der Waals surface area contributed by atoms with Crippen molar-refractivity contribution in [3.8, 4) is 0 Å². The number of carbonyl (C=O) groups excluding carboxylic acids is 2. The number of nitrogens with zero attached hydrogens (tertiary/aromatic N) is 2. The van der Waals surface area contributed by atoms with Gasteiger partial charge in [0.2, 0.25) is 0 Å². The van der Waals surface area contributed by atoms with Crippen LogP contribution < -0.4 is 4.90 Å². The molecule has 1 amide bonds. The zero-order valence-electron chi connectivity index (χ0n) is 15.3. The molecule has 1 aliphatic rings. The Morgan fingerprint density at radius 2 is 1.82 bits per heavy atom. The van der Waals surface area contributed by atoms with Gasteiger partial charge in [0.25, 0.3) is 5.91 Å². The Hall–Kier alpha value is -3.12. The number of amides is 1. The Kier molecular flexibility index (Phi) is 5.12. The fourth-order valence-corrected chi connectivity index (χ4v) is 3.98. The molecule has 5 nitrogen and oxygen atoms in total. The third-order valence-electron chi connectivity index (χ3n) is 4.60. The van der Waals surface area contributed by atoms with E-state index in [1.165, 1.54) is 7.11 Å². The molecule has 0 spiro atoms. The van der Waals surface area contributed by atoms with Crippen LogP contribution in [0.15, 0.2) is 76.8 Å². The number of hydrogen-bond acceptors (Lipinski definition) is 5. The number of methoxy groups -OCH3 is 1. The van der Waals surface area contributed by atoms with Crippen molar-refractivity contribution in [2.75, 3.05) is 18.6 Å². The average Bonchev–Trinajstić information content (AvgIpc) is 3.17. The summed E-state index contributed by atoms with van der Waals surface area (Å²) in [4.78, 5) is 31.8. The Bertz CT molecular complexity index is 1020. The number of anilines is 1. The van der Waals surface area contributed by atoms with E-state index < -0.39 is 0 Å². The first-order valence-corrected chi connectivity index (χ1v) is 9.69. The Morgan fingerprint density at radius 1 is 1.04 bits per heavy atom. The van der Waals surface area contributed by atoms with Crippen LogP contribution >= 0.6 is 11.8 Å². The van der Waals surface area contributed by atoms with Crippen LogP contribution in [0.5, 0.6) is 0 Å². The molecule has 28 heavy (non-hydrogen) atoms. The van der Waals surface area contributed by atoms with Gasteiger partial charge in [-0.25, -0.2) is 9.78 Å². The summed E-state index contributed by atoms with van der Waals surface area (Å²) >= 11 is 1.56. The molecule has 0 bridgehead atoms. The number of rotatable bonds is 4. The molecule has 2 aromatic carbocycles. The van der Waals surface area contributed by atoms with E-state index in [1.807, 2.05) is 48.5 Å². The van der Waals surface area contributed by atoms with Crippen LogP contribution in [-0.4, -0.2) is 30.5 Å². The number of aromatic nitrogens is 1. The Balaban J connectivity index is 1.51. The summed E-state index contributed by atoms with van der Waals surface area (Å²) in [6, 6.07) is 18.7. The van der Waals surface area contributed by atoms with Crippen LogP contribution in [-0.2, 0) is 11.2 Å². The van der Waals surface area contributed by atoms with Crippen molar-refractivity contribution in [2.24, 2.45) is 0 Å². The summed E-state index contributed by atoms with van der Waals surface area (Å²) in [5.41, 5.74) is 2.98. The summed E-state index contributed by atoms with van der Waals surface area (Å²) in [6.07, 6.45) is 2.48. The molecule has 2 heterocycles. The second kappa shape index (κ2) is 7.86. The third kappa shape index (κ3) is 3.64. The molecule has 0 fully saturated rings. The Morgan fingerprint density at radius 3 is 2.54 bits per heavy atom. The standard InChI is InChI=1S/C22H18N2O3S/c1-27-22(26)17-7-10-19-16(14-17)11-13-24(19)21(25)15-5-8-18(9-6-15)28-20-4-2-3-12-23-20/h2-10,12,14H,11,13H2,1H3. The largest absolute Gasteiger partial charge is 0.465 e. The molecule has 140 valence electrons. The first kappa shape index (κ1) is 18.3.